The number of rotatable bonds is 21. The van der Waals surface area contributed by atoms with Crippen LogP contribution in [0.15, 0.2) is 158 Å². The second kappa shape index (κ2) is 19.6. The van der Waals surface area contributed by atoms with Crippen LogP contribution in [-0.2, 0) is 48.8 Å². The van der Waals surface area contributed by atoms with Gasteiger partial charge in [0.05, 0.1) is 32.9 Å². The van der Waals surface area contributed by atoms with Crippen LogP contribution in [0.4, 0.5) is 0 Å². The van der Waals surface area contributed by atoms with Crippen molar-refractivity contribution in [1.29, 1.82) is 0 Å². The highest BCUT2D eigenvalue weighted by molar-refractivity contribution is 8.18. The van der Waals surface area contributed by atoms with Gasteiger partial charge in [0.1, 0.15) is 41.2 Å². The number of benzene rings is 2. The Morgan fingerprint density at radius 1 is 0.662 bits per heavy atom. The molecule has 13 heteroatoms. The topological polar surface area (TPSA) is 123 Å². The standard InChI is InChI=1S/C52H52N2O8S3/c1-35(2)37(5)58-26-27-60-47(56)40-16-12-38(13-17-40)32-63-51(44-10-6-8-24-53-44)34-49(22-20-42(51)30-49)62-50-23-21-43(31-50)52(65-50,45-11-7-9-25-54-45)64-33-39-14-18-41(19-15-39)48(57)61-29-28-59-46(55)36(3)4/h6-25,42-43H,1,3,5,26-34H2,2,4H3. The van der Waals surface area contributed by atoms with E-state index in [9.17, 15) is 14.4 Å². The summed E-state index contributed by atoms with van der Waals surface area (Å²) in [5.74, 6) is 0.867. The number of allylic oxidation sites excluding steroid dienone is 3. The third kappa shape index (κ3) is 10.1. The summed E-state index contributed by atoms with van der Waals surface area (Å²) in [5, 5.41) is 0. The van der Waals surface area contributed by atoms with Crippen LogP contribution in [0.2, 0.25) is 0 Å². The van der Waals surface area contributed by atoms with Crippen LogP contribution in [0, 0.1) is 11.8 Å². The molecule has 0 spiro atoms. The lowest BCUT2D eigenvalue weighted by Gasteiger charge is -2.41. The fourth-order valence-electron chi connectivity index (χ4n) is 8.76. The summed E-state index contributed by atoms with van der Waals surface area (Å²) in [7, 11) is 0. The largest absolute Gasteiger partial charge is 0.490 e. The van der Waals surface area contributed by atoms with E-state index in [1.807, 2.05) is 109 Å². The van der Waals surface area contributed by atoms with Crippen LogP contribution in [-0.4, -0.2) is 64.8 Å². The fraction of sp³-hybridized carbons (Fsp3) is 0.327. The van der Waals surface area contributed by atoms with Gasteiger partial charge in [-0.2, -0.15) is 0 Å². The summed E-state index contributed by atoms with van der Waals surface area (Å²) in [6, 6.07) is 27.4. The molecular formula is C52H52N2O8S3. The first kappa shape index (κ1) is 46.2. The van der Waals surface area contributed by atoms with E-state index in [0.717, 1.165) is 53.1 Å². The van der Waals surface area contributed by atoms with Crippen LogP contribution in [0.5, 0.6) is 0 Å². The highest BCUT2D eigenvalue weighted by atomic mass is 32.2. The van der Waals surface area contributed by atoms with E-state index in [1.54, 1.807) is 19.1 Å². The normalized spacial score (nSPS) is 25.6. The molecule has 0 amide bonds. The van der Waals surface area contributed by atoms with E-state index in [-0.39, 0.29) is 48.6 Å². The highest BCUT2D eigenvalue weighted by Crippen LogP contribution is 2.72. The molecule has 3 heterocycles. The van der Waals surface area contributed by atoms with Gasteiger partial charge >= 0.3 is 17.9 Å². The summed E-state index contributed by atoms with van der Waals surface area (Å²) in [6.07, 6.45) is 15.4. The molecule has 0 radical (unpaired) electrons. The zero-order valence-corrected chi connectivity index (χ0v) is 39.0. The van der Waals surface area contributed by atoms with Gasteiger partial charge in [-0.1, -0.05) is 86.1 Å². The molecule has 336 valence electrons. The molecule has 65 heavy (non-hydrogen) atoms. The maximum Gasteiger partial charge on any atom is 0.338 e. The molecule has 8 rings (SSSR count). The van der Waals surface area contributed by atoms with E-state index in [2.05, 4.69) is 62.2 Å². The lowest BCUT2D eigenvalue weighted by Crippen LogP contribution is -2.40. The fourth-order valence-corrected chi connectivity index (χ4v) is 14.1. The summed E-state index contributed by atoms with van der Waals surface area (Å²) in [5.41, 5.74) is 5.63. The smallest absolute Gasteiger partial charge is 0.338 e. The molecule has 4 aromatic rings. The Hall–Kier alpha value is -5.34. The minimum atomic E-state index is -0.569. The third-order valence-corrected chi connectivity index (χ3v) is 17.3. The molecule has 6 atom stereocenters. The number of nitrogens with zero attached hydrogens (tertiary/aromatic N) is 2. The number of aromatic nitrogens is 2. The first-order valence-electron chi connectivity index (χ1n) is 21.6. The maximum absolute atomic E-state index is 12.8. The van der Waals surface area contributed by atoms with Gasteiger partial charge in [-0.15, -0.1) is 23.5 Å². The Labute approximate surface area is 393 Å². The Balaban J connectivity index is 0.936. The van der Waals surface area contributed by atoms with Crippen molar-refractivity contribution < 1.29 is 38.1 Å². The first-order chi connectivity index (χ1) is 31.3. The molecule has 10 nitrogen and oxygen atoms in total. The number of pyridine rings is 2. The van der Waals surface area contributed by atoms with Gasteiger partial charge in [0.15, 0.2) is 0 Å². The average molecular weight is 929 g/mol. The maximum atomic E-state index is 12.8. The van der Waals surface area contributed by atoms with Crippen molar-refractivity contribution in [3.05, 3.63) is 192 Å². The third-order valence-electron chi connectivity index (χ3n) is 12.1. The van der Waals surface area contributed by atoms with Crippen LogP contribution >= 0.6 is 35.3 Å². The summed E-state index contributed by atoms with van der Waals surface area (Å²) >= 11 is 5.59. The molecule has 2 fully saturated rings. The molecule has 1 aliphatic heterocycles. The highest BCUT2D eigenvalue weighted by Gasteiger charge is 2.65. The second-order valence-electron chi connectivity index (χ2n) is 16.8. The van der Waals surface area contributed by atoms with Crippen molar-refractivity contribution in [3.63, 3.8) is 0 Å². The Morgan fingerprint density at radius 3 is 1.82 bits per heavy atom. The molecule has 0 N–H and O–H groups in total. The van der Waals surface area contributed by atoms with Crippen molar-refractivity contribution in [2.24, 2.45) is 11.8 Å². The molecule has 6 unspecified atom stereocenters. The van der Waals surface area contributed by atoms with Gasteiger partial charge in [-0.05, 0) is 98.0 Å². The lowest BCUT2D eigenvalue weighted by atomic mass is 9.88. The van der Waals surface area contributed by atoms with E-state index in [1.165, 1.54) is 0 Å². The number of carbonyl (C=O) groups is 3. The van der Waals surface area contributed by atoms with Gasteiger partial charge in [-0.3, -0.25) is 9.97 Å². The molecule has 3 aliphatic carbocycles. The second-order valence-corrected chi connectivity index (χ2v) is 21.1. The van der Waals surface area contributed by atoms with Crippen LogP contribution < -0.4 is 0 Å². The Morgan fingerprint density at radius 2 is 1.23 bits per heavy atom. The molecule has 2 aromatic carbocycles. The van der Waals surface area contributed by atoms with Gasteiger partial charge in [0.25, 0.3) is 0 Å². The van der Waals surface area contributed by atoms with Crippen LogP contribution in [0.25, 0.3) is 0 Å². The van der Waals surface area contributed by atoms with E-state index in [4.69, 9.17) is 33.7 Å². The molecule has 4 aliphatic rings. The number of hydrogen-bond acceptors (Lipinski definition) is 13. The van der Waals surface area contributed by atoms with Crippen LogP contribution in [0.3, 0.4) is 0 Å². The Kier molecular flexibility index (Phi) is 14.0. The first-order valence-corrected chi connectivity index (χ1v) is 24.3. The summed E-state index contributed by atoms with van der Waals surface area (Å²) in [6.45, 7) is 14.8. The number of thioether (sulfide) groups is 3. The molecule has 4 bridgehead atoms. The van der Waals surface area contributed by atoms with Crippen LogP contribution in [0.1, 0.15) is 76.3 Å². The van der Waals surface area contributed by atoms with Gasteiger partial charge in [0, 0.05) is 47.7 Å². The predicted molar refractivity (Wildman–Crippen MR) is 257 cm³/mol. The SMILES string of the molecule is C=C(C)C(=C)OCCOC(=O)c1ccc(CSC2(c3ccccn3)CC3(OC45C=CC(C4)C(SCc4ccc(C(=O)OCCOC(=O)C(=C)C)cc4)(c4ccccn4)S5)C=CC2C3)cc1. The average Bonchev–Trinajstić information content (AvgIpc) is 4.09. The predicted octanol–water partition coefficient (Wildman–Crippen LogP) is 10.7. The van der Waals surface area contributed by atoms with Crippen molar-refractivity contribution >= 4 is 53.2 Å². The zero-order valence-electron chi connectivity index (χ0n) is 36.6. The van der Waals surface area contributed by atoms with Gasteiger partial charge in [0.2, 0.25) is 0 Å². The van der Waals surface area contributed by atoms with Gasteiger partial charge in [-0.25, -0.2) is 14.4 Å². The number of carbonyl (C=O) groups excluding carboxylic acids is 3. The summed E-state index contributed by atoms with van der Waals surface area (Å²) < 4.78 is 28.1. The number of esters is 3. The summed E-state index contributed by atoms with van der Waals surface area (Å²) in [4.78, 5) is 46.5. The van der Waals surface area contributed by atoms with Crippen molar-refractivity contribution in [2.75, 3.05) is 26.4 Å². The minimum absolute atomic E-state index is 0.0356. The van der Waals surface area contributed by atoms with E-state index in [0.29, 0.717) is 22.6 Å². The van der Waals surface area contributed by atoms with Gasteiger partial charge < -0.3 is 23.7 Å². The molecule has 1 saturated carbocycles. The van der Waals surface area contributed by atoms with Crippen molar-refractivity contribution in [1.82, 2.24) is 9.97 Å². The number of ether oxygens (including phenoxy) is 5. The zero-order chi connectivity index (χ0) is 45.7. The van der Waals surface area contributed by atoms with E-state index >= 15 is 0 Å². The molecular weight excluding hydrogens is 877 g/mol. The molecule has 1 saturated heterocycles. The monoisotopic (exact) mass is 928 g/mol. The minimum Gasteiger partial charge on any atom is -0.490 e. The quantitative estimate of drug-likeness (QED) is 0.0150. The Bertz CT molecular complexity index is 2330. The lowest BCUT2D eigenvalue weighted by molar-refractivity contribution is -0.140. The van der Waals surface area contributed by atoms with E-state index < -0.39 is 32.5 Å². The number of fused-ring (bicyclic) bond motifs is 4. The van der Waals surface area contributed by atoms with Crippen molar-refractivity contribution in [2.45, 2.75) is 64.0 Å². The van der Waals surface area contributed by atoms with Crippen molar-refractivity contribution in [3.8, 4) is 0 Å². The molecule has 2 aromatic heterocycles. The number of hydrogen-bond donors (Lipinski definition) is 0.